The van der Waals surface area contributed by atoms with E-state index >= 15 is 0 Å². The van der Waals surface area contributed by atoms with E-state index in [1.807, 2.05) is 13.8 Å². The van der Waals surface area contributed by atoms with Crippen LogP contribution in [0.5, 0.6) is 0 Å². The Balaban J connectivity index is 1.33. The number of hydrogen-bond acceptors (Lipinski definition) is 5. The van der Waals surface area contributed by atoms with Crippen LogP contribution in [0.15, 0.2) is 0 Å². The molecule has 5 aliphatic carbocycles. The number of hydrogen-bond donors (Lipinski definition) is 3. The summed E-state index contributed by atoms with van der Waals surface area (Å²) < 4.78 is 13.6. The number of fused-ring (bicyclic) bond motifs is 4. The van der Waals surface area contributed by atoms with Gasteiger partial charge in [-0.1, -0.05) is 34.6 Å². The third kappa shape index (κ3) is 2.30. The smallest absolute Gasteiger partial charge is 0.199 e. The van der Waals surface area contributed by atoms with Crippen LogP contribution in [0, 0.1) is 50.7 Å². The maximum Gasteiger partial charge on any atom is 0.199 e. The van der Waals surface area contributed by atoms with Crippen molar-refractivity contribution in [3.63, 3.8) is 0 Å². The Bertz CT molecular complexity index is 957. The van der Waals surface area contributed by atoms with Crippen LogP contribution in [-0.2, 0) is 9.47 Å². The first kappa shape index (κ1) is 23.9. The maximum atomic E-state index is 12.5. The normalized spacial score (nSPS) is 63.9. The molecule has 5 saturated carbocycles. The molecule has 5 nitrogen and oxygen atoms in total. The highest BCUT2D eigenvalue weighted by atomic mass is 16.8. The van der Waals surface area contributed by atoms with Gasteiger partial charge in [0, 0.05) is 11.3 Å². The Labute approximate surface area is 211 Å². The van der Waals surface area contributed by atoms with Crippen LogP contribution in [0.2, 0.25) is 0 Å². The predicted octanol–water partition coefficient (Wildman–Crippen LogP) is 4.66. The molecule has 7 fully saturated rings. The van der Waals surface area contributed by atoms with Crippen LogP contribution < -0.4 is 0 Å². The van der Waals surface area contributed by atoms with Crippen molar-refractivity contribution in [3.05, 3.63) is 0 Å². The first-order chi connectivity index (χ1) is 16.1. The summed E-state index contributed by atoms with van der Waals surface area (Å²) >= 11 is 0. The van der Waals surface area contributed by atoms with E-state index in [1.165, 1.54) is 12.8 Å². The Hall–Kier alpha value is -0.200. The van der Waals surface area contributed by atoms with Gasteiger partial charge in [-0.3, -0.25) is 0 Å². The van der Waals surface area contributed by atoms with Crippen molar-refractivity contribution in [1.29, 1.82) is 0 Å². The van der Waals surface area contributed by atoms with Crippen molar-refractivity contribution < 1.29 is 24.8 Å². The molecule has 0 aromatic rings. The molecule has 0 amide bonds. The van der Waals surface area contributed by atoms with E-state index in [0.717, 1.165) is 38.5 Å². The second-order valence-electron chi connectivity index (χ2n) is 15.9. The number of rotatable bonds is 1. The molecular formula is C30H48O5. The summed E-state index contributed by atoms with van der Waals surface area (Å²) in [4.78, 5) is 0. The molecule has 2 saturated heterocycles. The maximum absolute atomic E-state index is 12.5. The molecule has 0 radical (unpaired) electrons. The molecule has 2 bridgehead atoms. The van der Waals surface area contributed by atoms with Crippen molar-refractivity contribution in [3.8, 4) is 0 Å². The van der Waals surface area contributed by atoms with Crippen molar-refractivity contribution in [2.45, 2.75) is 136 Å². The fraction of sp³-hybridized carbons (Fsp3) is 1.00. The molecule has 7 aliphatic rings. The average Bonchev–Trinajstić information content (AvgIpc) is 3.28. The lowest BCUT2D eigenvalue weighted by molar-refractivity contribution is -0.282. The van der Waals surface area contributed by atoms with E-state index in [0.29, 0.717) is 23.2 Å². The van der Waals surface area contributed by atoms with E-state index in [9.17, 15) is 15.3 Å². The average molecular weight is 489 g/mol. The zero-order chi connectivity index (χ0) is 25.2. The van der Waals surface area contributed by atoms with E-state index in [-0.39, 0.29) is 39.8 Å². The van der Waals surface area contributed by atoms with E-state index in [4.69, 9.17) is 9.47 Å². The third-order valence-corrected chi connectivity index (χ3v) is 14.2. The Morgan fingerprint density at radius 1 is 0.857 bits per heavy atom. The van der Waals surface area contributed by atoms with Gasteiger partial charge in [-0.2, -0.15) is 0 Å². The number of aliphatic hydroxyl groups is 3. The van der Waals surface area contributed by atoms with Gasteiger partial charge < -0.3 is 24.8 Å². The largest absolute Gasteiger partial charge is 0.393 e. The molecule has 2 aliphatic heterocycles. The van der Waals surface area contributed by atoms with Crippen molar-refractivity contribution in [2.24, 2.45) is 50.7 Å². The fourth-order valence-electron chi connectivity index (χ4n) is 12.7. The van der Waals surface area contributed by atoms with Gasteiger partial charge in [0.2, 0.25) is 0 Å². The molecule has 0 unspecified atom stereocenters. The summed E-state index contributed by atoms with van der Waals surface area (Å²) in [5.74, 6) is 0.523. The molecule has 0 aromatic heterocycles. The fourth-order valence-corrected chi connectivity index (χ4v) is 12.7. The highest BCUT2D eigenvalue weighted by Gasteiger charge is 2.88. The molecule has 2 heterocycles. The Morgan fingerprint density at radius 2 is 1.51 bits per heavy atom. The summed E-state index contributed by atoms with van der Waals surface area (Å²) in [6.07, 6.45) is 7.36. The standard InChI is InChI=1S/C30H48O5/c1-16-14-17-22(25(4,5)33)35-30(34-17)21(16)26(6)12-13-29-15-28(29)11-10-20(31)24(2,3)18(28)8-9-19(29)27(26,7)23(30)32/h16-23,31-33H,8-15H2,1-7H3/t16-,17+,18+,19+,20+,21-,22+,23-,26-,27-,28-,29+,30+/m1/s1. The minimum atomic E-state index is -1.01. The lowest BCUT2D eigenvalue weighted by Crippen LogP contribution is -2.60. The van der Waals surface area contributed by atoms with Gasteiger partial charge in [-0.15, -0.1) is 0 Å². The minimum absolute atomic E-state index is 0.0331. The van der Waals surface area contributed by atoms with Crippen LogP contribution >= 0.6 is 0 Å². The van der Waals surface area contributed by atoms with Crippen LogP contribution in [0.25, 0.3) is 0 Å². The SMILES string of the molecule is C[C@@H]1C[C@@H]2O[C@@]3(O[C@@H]2C(C)(C)O)[C@H](O)[C@@]2(C)[C@@H]4CC[C@H]5C(C)(C)[C@@H](O)CC[C@@]56C[C@@]46CC[C@]2(C)[C@@H]13. The Kier molecular flexibility index (Phi) is 4.32. The van der Waals surface area contributed by atoms with E-state index in [2.05, 4.69) is 34.6 Å². The quantitative estimate of drug-likeness (QED) is 0.500. The third-order valence-electron chi connectivity index (χ3n) is 14.2. The second kappa shape index (κ2) is 6.33. The molecule has 3 N–H and O–H groups in total. The first-order valence-electron chi connectivity index (χ1n) is 14.6. The van der Waals surface area contributed by atoms with Gasteiger partial charge in [0.05, 0.1) is 17.8 Å². The molecule has 3 spiro atoms. The topological polar surface area (TPSA) is 79.2 Å². The van der Waals surface area contributed by atoms with Crippen LogP contribution in [0.3, 0.4) is 0 Å². The predicted molar refractivity (Wildman–Crippen MR) is 132 cm³/mol. The summed E-state index contributed by atoms with van der Waals surface area (Å²) in [7, 11) is 0. The number of aliphatic hydroxyl groups excluding tert-OH is 2. The molecule has 7 rings (SSSR count). The molecule has 198 valence electrons. The molecular weight excluding hydrogens is 440 g/mol. The number of ether oxygens (including phenoxy) is 2. The molecule has 35 heavy (non-hydrogen) atoms. The van der Waals surface area contributed by atoms with Crippen molar-refractivity contribution in [1.82, 2.24) is 0 Å². The van der Waals surface area contributed by atoms with Crippen molar-refractivity contribution in [2.75, 3.05) is 0 Å². The van der Waals surface area contributed by atoms with E-state index in [1.54, 1.807) is 0 Å². The summed E-state index contributed by atoms with van der Waals surface area (Å²) in [6, 6.07) is 0. The van der Waals surface area contributed by atoms with Crippen molar-refractivity contribution >= 4 is 0 Å². The Morgan fingerprint density at radius 3 is 2.20 bits per heavy atom. The lowest BCUT2D eigenvalue weighted by Gasteiger charge is -2.63. The first-order valence-corrected chi connectivity index (χ1v) is 14.6. The zero-order valence-electron chi connectivity index (χ0n) is 22.9. The monoisotopic (exact) mass is 488 g/mol. The van der Waals surface area contributed by atoms with Gasteiger partial charge in [0.15, 0.2) is 5.79 Å². The van der Waals surface area contributed by atoms with Gasteiger partial charge in [-0.25, -0.2) is 0 Å². The summed E-state index contributed by atoms with van der Waals surface area (Å²) in [6.45, 7) is 15.4. The minimum Gasteiger partial charge on any atom is -0.393 e. The van der Waals surface area contributed by atoms with E-state index < -0.39 is 23.6 Å². The highest BCUT2D eigenvalue weighted by Crippen LogP contribution is 2.90. The lowest BCUT2D eigenvalue weighted by atomic mass is 9.41. The molecule has 13 atom stereocenters. The molecule has 0 aromatic carbocycles. The molecule has 5 heteroatoms. The van der Waals surface area contributed by atoms with Crippen LogP contribution in [0.1, 0.15) is 99.8 Å². The highest BCUT2D eigenvalue weighted by molar-refractivity contribution is 5.34. The van der Waals surface area contributed by atoms with Gasteiger partial charge in [0.1, 0.15) is 12.2 Å². The van der Waals surface area contributed by atoms with Gasteiger partial charge >= 0.3 is 0 Å². The van der Waals surface area contributed by atoms with Gasteiger partial charge in [-0.05, 0) is 105 Å². The summed E-state index contributed by atoms with van der Waals surface area (Å²) in [5.41, 5.74) is -0.788. The van der Waals surface area contributed by atoms with Gasteiger partial charge in [0.25, 0.3) is 0 Å². The second-order valence-corrected chi connectivity index (χ2v) is 15.9. The van der Waals surface area contributed by atoms with Crippen LogP contribution in [-0.4, -0.2) is 51.1 Å². The summed E-state index contributed by atoms with van der Waals surface area (Å²) in [5, 5.41) is 34.4. The zero-order valence-corrected chi connectivity index (χ0v) is 22.9. The van der Waals surface area contributed by atoms with Crippen LogP contribution in [0.4, 0.5) is 0 Å².